The van der Waals surface area contributed by atoms with E-state index >= 15 is 0 Å². The fourth-order valence-corrected chi connectivity index (χ4v) is 3.55. The lowest BCUT2D eigenvalue weighted by atomic mass is 10.1. The highest BCUT2D eigenvalue weighted by Gasteiger charge is 2.31. The molecule has 6 heteroatoms. The third kappa shape index (κ3) is 3.72. The molecule has 1 N–H and O–H groups in total. The minimum atomic E-state index is -0.161. The van der Waals surface area contributed by atoms with Crippen LogP contribution < -0.4 is 0 Å². The number of benzene rings is 1. The lowest BCUT2D eigenvalue weighted by Crippen LogP contribution is -2.30. The Bertz CT molecular complexity index is 752. The summed E-state index contributed by atoms with van der Waals surface area (Å²) in [7, 11) is 0. The Morgan fingerprint density at radius 1 is 1.22 bits per heavy atom. The largest absolute Gasteiger partial charge is 0.459 e. The average Bonchev–Trinajstić information content (AvgIpc) is 3.12. The van der Waals surface area contributed by atoms with Crippen LogP contribution in [-0.4, -0.2) is 26.8 Å². The second kappa shape index (κ2) is 7.12. The molecule has 23 heavy (non-hydrogen) atoms. The summed E-state index contributed by atoms with van der Waals surface area (Å²) < 4.78 is 5.95. The van der Waals surface area contributed by atoms with E-state index in [2.05, 4.69) is 0 Å². The maximum atomic E-state index is 12.5. The third-order valence-corrected chi connectivity index (χ3v) is 4.83. The van der Waals surface area contributed by atoms with Gasteiger partial charge in [-0.05, 0) is 24.1 Å². The van der Waals surface area contributed by atoms with Gasteiger partial charge in [-0.1, -0.05) is 54.3 Å². The van der Waals surface area contributed by atoms with Crippen LogP contribution in [0.4, 0.5) is 0 Å². The van der Waals surface area contributed by atoms with E-state index in [0.29, 0.717) is 27.3 Å². The van der Waals surface area contributed by atoms with Gasteiger partial charge in [0.15, 0.2) is 0 Å². The van der Waals surface area contributed by atoms with Crippen molar-refractivity contribution in [1.29, 1.82) is 0 Å². The molecule has 0 radical (unpaired) electrons. The minimum absolute atomic E-state index is 0.0992. The van der Waals surface area contributed by atoms with Gasteiger partial charge in [0.05, 0.1) is 4.91 Å². The Morgan fingerprint density at radius 2 is 2.00 bits per heavy atom. The third-order valence-electron chi connectivity index (χ3n) is 3.45. The second-order valence-corrected chi connectivity index (χ2v) is 6.71. The number of thiocarbonyl (C=S) groups is 1. The number of carbonyl (C=O) groups excluding carboxylic acids is 1. The molecule has 2 aromatic rings. The van der Waals surface area contributed by atoms with Gasteiger partial charge in [-0.3, -0.25) is 9.69 Å². The molecule has 1 amide bonds. The molecule has 0 atom stereocenters. The first kappa shape index (κ1) is 16.0. The molecule has 2 heterocycles. The fraction of sp³-hybridized carbons (Fsp3) is 0.176. The van der Waals surface area contributed by atoms with Crippen LogP contribution in [0.2, 0.25) is 0 Å². The summed E-state index contributed by atoms with van der Waals surface area (Å²) in [4.78, 5) is 14.6. The van der Waals surface area contributed by atoms with Crippen molar-refractivity contribution >= 4 is 40.3 Å². The number of amides is 1. The van der Waals surface area contributed by atoms with Crippen LogP contribution in [0.3, 0.4) is 0 Å². The lowest BCUT2D eigenvalue weighted by Gasteiger charge is -2.14. The summed E-state index contributed by atoms with van der Waals surface area (Å²) in [5.74, 6) is 0.909. The van der Waals surface area contributed by atoms with Crippen LogP contribution >= 0.6 is 24.0 Å². The van der Waals surface area contributed by atoms with E-state index < -0.39 is 0 Å². The number of furan rings is 1. The van der Waals surface area contributed by atoms with Gasteiger partial charge in [0.2, 0.25) is 0 Å². The van der Waals surface area contributed by atoms with E-state index in [1.54, 1.807) is 23.1 Å². The molecule has 118 valence electrons. The van der Waals surface area contributed by atoms with Crippen molar-refractivity contribution in [3.63, 3.8) is 0 Å². The summed E-state index contributed by atoms with van der Waals surface area (Å²) >= 11 is 6.59. The Morgan fingerprint density at radius 3 is 2.70 bits per heavy atom. The maximum absolute atomic E-state index is 12.5. The number of thioether (sulfide) groups is 1. The maximum Gasteiger partial charge on any atom is 0.266 e. The highest BCUT2D eigenvalue weighted by atomic mass is 32.2. The molecule has 0 aliphatic carbocycles. The van der Waals surface area contributed by atoms with Gasteiger partial charge in [-0.15, -0.1) is 0 Å². The van der Waals surface area contributed by atoms with Crippen molar-refractivity contribution in [1.82, 2.24) is 4.90 Å². The predicted molar refractivity (Wildman–Crippen MR) is 94.7 cm³/mol. The summed E-state index contributed by atoms with van der Waals surface area (Å²) in [5, 5.41) is 9.01. The Kier molecular flexibility index (Phi) is 4.95. The van der Waals surface area contributed by atoms with E-state index in [0.717, 1.165) is 6.42 Å². The van der Waals surface area contributed by atoms with Crippen molar-refractivity contribution in [2.75, 3.05) is 6.54 Å². The molecule has 1 aliphatic rings. The number of rotatable bonds is 5. The fourth-order valence-electron chi connectivity index (χ4n) is 2.26. The number of hydrogen-bond donors (Lipinski definition) is 1. The van der Waals surface area contributed by atoms with Crippen molar-refractivity contribution in [3.05, 3.63) is 64.5 Å². The van der Waals surface area contributed by atoms with Crippen molar-refractivity contribution in [3.8, 4) is 0 Å². The molecular formula is C17H15NO3S2. The topological polar surface area (TPSA) is 53.7 Å². The quantitative estimate of drug-likeness (QED) is 0.666. The predicted octanol–water partition coefficient (Wildman–Crippen LogP) is 3.22. The van der Waals surface area contributed by atoms with Gasteiger partial charge in [-0.25, -0.2) is 0 Å². The highest BCUT2D eigenvalue weighted by Crippen LogP contribution is 2.32. The standard InChI is InChI=1S/C17H15NO3S2/c19-11-14-7-6-13(21-14)10-15-16(20)18(17(22)23-15)9-8-12-4-2-1-3-5-12/h1-7,10,19H,8-9,11H2/b15-10-. The lowest BCUT2D eigenvalue weighted by molar-refractivity contribution is -0.122. The van der Waals surface area contributed by atoms with Gasteiger partial charge >= 0.3 is 0 Å². The molecule has 0 saturated carbocycles. The number of aliphatic hydroxyl groups excluding tert-OH is 1. The zero-order chi connectivity index (χ0) is 16.2. The van der Waals surface area contributed by atoms with Gasteiger partial charge in [-0.2, -0.15) is 0 Å². The zero-order valence-electron chi connectivity index (χ0n) is 12.3. The van der Waals surface area contributed by atoms with Gasteiger partial charge in [0, 0.05) is 12.6 Å². The normalized spacial score (nSPS) is 16.6. The van der Waals surface area contributed by atoms with Crippen molar-refractivity contribution < 1.29 is 14.3 Å². The second-order valence-electron chi connectivity index (χ2n) is 5.03. The first-order valence-electron chi connectivity index (χ1n) is 7.16. The van der Waals surface area contributed by atoms with Crippen molar-refractivity contribution in [2.45, 2.75) is 13.0 Å². The van der Waals surface area contributed by atoms with Gasteiger partial charge < -0.3 is 9.52 Å². The SMILES string of the molecule is O=C1/C(=C/c2ccc(CO)o2)SC(=S)N1CCc1ccccc1. The van der Waals surface area contributed by atoms with E-state index in [4.69, 9.17) is 21.7 Å². The Hall–Kier alpha value is -1.89. The summed E-state index contributed by atoms with van der Waals surface area (Å²) in [6, 6.07) is 13.4. The molecule has 1 fully saturated rings. The Balaban J connectivity index is 1.69. The van der Waals surface area contributed by atoms with E-state index in [1.165, 1.54) is 17.3 Å². The average molecular weight is 345 g/mol. The monoisotopic (exact) mass is 345 g/mol. The first-order chi connectivity index (χ1) is 11.2. The Labute approximate surface area is 143 Å². The molecule has 4 nitrogen and oxygen atoms in total. The molecule has 0 bridgehead atoms. The molecule has 3 rings (SSSR count). The summed E-state index contributed by atoms with van der Waals surface area (Å²) in [6.45, 7) is 0.401. The van der Waals surface area contributed by atoms with Gasteiger partial charge in [0.25, 0.3) is 5.91 Å². The number of hydrogen-bond acceptors (Lipinski definition) is 5. The number of aliphatic hydroxyl groups is 1. The number of nitrogens with zero attached hydrogens (tertiary/aromatic N) is 1. The van der Waals surface area contributed by atoms with Crippen LogP contribution in [-0.2, 0) is 17.8 Å². The molecule has 0 spiro atoms. The summed E-state index contributed by atoms with van der Waals surface area (Å²) in [5.41, 5.74) is 1.17. The van der Waals surface area contributed by atoms with Crippen molar-refractivity contribution in [2.24, 2.45) is 0 Å². The molecule has 1 aromatic heterocycles. The number of carbonyl (C=O) groups is 1. The molecule has 1 aliphatic heterocycles. The van der Waals surface area contributed by atoms with Crippen LogP contribution in [0.5, 0.6) is 0 Å². The van der Waals surface area contributed by atoms with Crippen LogP contribution in [0.25, 0.3) is 6.08 Å². The van der Waals surface area contributed by atoms with E-state index in [1.807, 2.05) is 30.3 Å². The molecule has 1 aromatic carbocycles. The molecular weight excluding hydrogens is 330 g/mol. The van der Waals surface area contributed by atoms with E-state index in [9.17, 15) is 4.79 Å². The smallest absolute Gasteiger partial charge is 0.266 e. The van der Waals surface area contributed by atoms with Gasteiger partial charge in [0.1, 0.15) is 22.4 Å². The van der Waals surface area contributed by atoms with Crippen LogP contribution in [0, 0.1) is 0 Å². The zero-order valence-corrected chi connectivity index (χ0v) is 13.9. The molecule has 0 unspecified atom stereocenters. The first-order valence-corrected chi connectivity index (χ1v) is 8.38. The minimum Gasteiger partial charge on any atom is -0.459 e. The van der Waals surface area contributed by atoms with Crippen LogP contribution in [0.15, 0.2) is 51.8 Å². The molecule has 1 saturated heterocycles. The highest BCUT2D eigenvalue weighted by molar-refractivity contribution is 8.26. The van der Waals surface area contributed by atoms with Crippen LogP contribution in [0.1, 0.15) is 17.1 Å². The summed E-state index contributed by atoms with van der Waals surface area (Å²) in [6.07, 6.45) is 2.43. The van der Waals surface area contributed by atoms with E-state index in [-0.39, 0.29) is 12.5 Å².